The molecule has 1 aromatic heterocycles. The van der Waals surface area contributed by atoms with E-state index in [9.17, 15) is 5.11 Å². The van der Waals surface area contributed by atoms with Crippen LogP contribution in [0.2, 0.25) is 5.02 Å². The molecule has 0 amide bonds. The Balaban J connectivity index is 2.28. The van der Waals surface area contributed by atoms with E-state index in [1.807, 2.05) is 35.0 Å². The normalized spacial score (nSPS) is 14.7. The monoisotopic (exact) mass is 252 g/mol. The van der Waals surface area contributed by atoms with Crippen molar-refractivity contribution in [1.82, 2.24) is 0 Å². The predicted octanol–water partition coefficient (Wildman–Crippen LogP) is 3.85. The number of rotatable bonds is 3. The second-order valence-electron chi connectivity index (χ2n) is 4.06. The van der Waals surface area contributed by atoms with Crippen LogP contribution in [0.25, 0.3) is 0 Å². The molecular weight excluding hydrogens is 240 g/mol. The molecule has 1 unspecified atom stereocenters. The minimum atomic E-state index is -0.917. The van der Waals surface area contributed by atoms with E-state index in [-0.39, 0.29) is 0 Å². The lowest BCUT2D eigenvalue weighted by molar-refractivity contribution is 0.0578. The Hall–Kier alpha value is -0.830. The van der Waals surface area contributed by atoms with Crippen molar-refractivity contribution in [2.45, 2.75) is 18.9 Å². The molecule has 16 heavy (non-hydrogen) atoms. The molecule has 1 atom stereocenters. The fourth-order valence-corrected chi connectivity index (χ4v) is 2.79. The second-order valence-corrected chi connectivity index (χ2v) is 5.25. The summed E-state index contributed by atoms with van der Waals surface area (Å²) < 4.78 is 0. The SMILES string of the molecule is CC(O)(Cc1ccsc1)c1ccccc1Cl. The van der Waals surface area contributed by atoms with Crippen LogP contribution in [0.3, 0.4) is 0 Å². The van der Waals surface area contributed by atoms with Gasteiger partial charge in [-0.05, 0) is 35.4 Å². The molecule has 84 valence electrons. The number of thiophene rings is 1. The average Bonchev–Trinajstić information content (AvgIpc) is 2.70. The van der Waals surface area contributed by atoms with E-state index in [2.05, 4.69) is 0 Å². The molecule has 0 radical (unpaired) electrons. The summed E-state index contributed by atoms with van der Waals surface area (Å²) >= 11 is 7.73. The van der Waals surface area contributed by atoms with E-state index in [0.29, 0.717) is 11.4 Å². The quantitative estimate of drug-likeness (QED) is 0.880. The summed E-state index contributed by atoms with van der Waals surface area (Å²) in [6.45, 7) is 1.80. The first-order chi connectivity index (χ1) is 7.59. The predicted molar refractivity (Wildman–Crippen MR) is 69.0 cm³/mol. The molecule has 1 aromatic carbocycles. The maximum absolute atomic E-state index is 10.5. The minimum Gasteiger partial charge on any atom is -0.385 e. The van der Waals surface area contributed by atoms with Crippen molar-refractivity contribution in [3.05, 3.63) is 57.2 Å². The summed E-state index contributed by atoms with van der Waals surface area (Å²) in [7, 11) is 0. The highest BCUT2D eigenvalue weighted by Gasteiger charge is 2.25. The highest BCUT2D eigenvalue weighted by molar-refractivity contribution is 7.07. The van der Waals surface area contributed by atoms with Crippen molar-refractivity contribution < 1.29 is 5.11 Å². The molecule has 1 N–H and O–H groups in total. The number of hydrogen-bond donors (Lipinski definition) is 1. The van der Waals surface area contributed by atoms with Crippen LogP contribution >= 0.6 is 22.9 Å². The van der Waals surface area contributed by atoms with E-state index in [0.717, 1.165) is 11.1 Å². The zero-order chi connectivity index (χ0) is 11.6. The van der Waals surface area contributed by atoms with Gasteiger partial charge in [-0.1, -0.05) is 29.8 Å². The van der Waals surface area contributed by atoms with Gasteiger partial charge in [-0.15, -0.1) is 0 Å². The first kappa shape index (κ1) is 11.6. The zero-order valence-electron chi connectivity index (χ0n) is 8.98. The fraction of sp³-hybridized carbons (Fsp3) is 0.231. The van der Waals surface area contributed by atoms with Crippen molar-refractivity contribution in [3.8, 4) is 0 Å². The van der Waals surface area contributed by atoms with Gasteiger partial charge < -0.3 is 5.11 Å². The molecular formula is C13H13ClOS. The van der Waals surface area contributed by atoms with Gasteiger partial charge in [0.2, 0.25) is 0 Å². The maximum atomic E-state index is 10.5. The van der Waals surface area contributed by atoms with E-state index in [4.69, 9.17) is 11.6 Å². The zero-order valence-corrected chi connectivity index (χ0v) is 10.6. The number of hydrogen-bond acceptors (Lipinski definition) is 2. The van der Waals surface area contributed by atoms with Gasteiger partial charge in [0.15, 0.2) is 0 Å². The first-order valence-corrected chi connectivity index (χ1v) is 6.40. The van der Waals surface area contributed by atoms with Crippen molar-refractivity contribution in [1.29, 1.82) is 0 Å². The third-order valence-corrected chi connectivity index (χ3v) is 3.64. The molecule has 0 spiro atoms. The Kier molecular flexibility index (Phi) is 3.33. The molecule has 0 aliphatic heterocycles. The fourth-order valence-electron chi connectivity index (χ4n) is 1.78. The third-order valence-electron chi connectivity index (χ3n) is 2.58. The molecule has 0 aliphatic rings. The lowest BCUT2D eigenvalue weighted by Crippen LogP contribution is -2.24. The molecule has 0 fully saturated rings. The Morgan fingerprint density at radius 2 is 2.06 bits per heavy atom. The Morgan fingerprint density at radius 3 is 2.69 bits per heavy atom. The summed E-state index contributed by atoms with van der Waals surface area (Å²) in [5.41, 5.74) is 0.997. The largest absolute Gasteiger partial charge is 0.385 e. The smallest absolute Gasteiger partial charge is 0.0923 e. The number of halogens is 1. The standard InChI is InChI=1S/C13H13ClOS/c1-13(15,8-10-6-7-16-9-10)11-4-2-3-5-12(11)14/h2-7,9,15H,8H2,1H3. The third kappa shape index (κ3) is 2.46. The van der Waals surface area contributed by atoms with Crippen molar-refractivity contribution in [3.63, 3.8) is 0 Å². The number of aliphatic hydroxyl groups is 1. The molecule has 1 nitrogen and oxygen atoms in total. The Morgan fingerprint density at radius 1 is 1.31 bits per heavy atom. The second kappa shape index (κ2) is 4.58. The van der Waals surface area contributed by atoms with Crippen LogP contribution in [-0.2, 0) is 12.0 Å². The van der Waals surface area contributed by atoms with Crippen molar-refractivity contribution in [2.24, 2.45) is 0 Å². The number of benzene rings is 1. The van der Waals surface area contributed by atoms with Crippen LogP contribution in [-0.4, -0.2) is 5.11 Å². The van der Waals surface area contributed by atoms with Gasteiger partial charge in [-0.3, -0.25) is 0 Å². The lowest BCUT2D eigenvalue weighted by Gasteiger charge is -2.24. The van der Waals surface area contributed by atoms with Crippen LogP contribution in [0, 0.1) is 0 Å². The minimum absolute atomic E-state index is 0.584. The van der Waals surface area contributed by atoms with Crippen LogP contribution < -0.4 is 0 Å². The molecule has 0 aliphatic carbocycles. The van der Waals surface area contributed by atoms with Gasteiger partial charge in [-0.2, -0.15) is 11.3 Å². The van der Waals surface area contributed by atoms with Crippen molar-refractivity contribution in [2.75, 3.05) is 0 Å². The first-order valence-electron chi connectivity index (χ1n) is 5.08. The van der Waals surface area contributed by atoms with Gasteiger partial charge in [0, 0.05) is 17.0 Å². The Labute approximate surface area is 104 Å². The van der Waals surface area contributed by atoms with Crippen molar-refractivity contribution >= 4 is 22.9 Å². The molecule has 0 saturated heterocycles. The van der Waals surface area contributed by atoms with Crippen LogP contribution in [0.4, 0.5) is 0 Å². The molecule has 0 saturated carbocycles. The van der Waals surface area contributed by atoms with Gasteiger partial charge >= 0.3 is 0 Å². The van der Waals surface area contributed by atoms with E-state index in [1.165, 1.54) is 0 Å². The highest BCUT2D eigenvalue weighted by Crippen LogP contribution is 2.31. The van der Waals surface area contributed by atoms with Gasteiger partial charge in [0.05, 0.1) is 5.60 Å². The molecule has 2 aromatic rings. The van der Waals surface area contributed by atoms with E-state index >= 15 is 0 Å². The molecule has 0 bridgehead atoms. The van der Waals surface area contributed by atoms with Crippen LogP contribution in [0.5, 0.6) is 0 Å². The van der Waals surface area contributed by atoms with E-state index < -0.39 is 5.60 Å². The summed E-state index contributed by atoms with van der Waals surface area (Å²) in [6, 6.07) is 9.46. The molecule has 2 rings (SSSR count). The highest BCUT2D eigenvalue weighted by atomic mass is 35.5. The molecule has 1 heterocycles. The average molecular weight is 253 g/mol. The maximum Gasteiger partial charge on any atom is 0.0923 e. The summed E-state index contributed by atoms with van der Waals surface area (Å²) in [6.07, 6.45) is 0.584. The summed E-state index contributed by atoms with van der Waals surface area (Å²) in [5.74, 6) is 0. The molecule has 3 heteroatoms. The van der Waals surface area contributed by atoms with Crippen LogP contribution in [0.15, 0.2) is 41.1 Å². The summed E-state index contributed by atoms with van der Waals surface area (Å²) in [5, 5.41) is 15.1. The van der Waals surface area contributed by atoms with Gasteiger partial charge in [0.25, 0.3) is 0 Å². The Bertz CT molecular complexity index is 463. The summed E-state index contributed by atoms with van der Waals surface area (Å²) in [4.78, 5) is 0. The topological polar surface area (TPSA) is 20.2 Å². The van der Waals surface area contributed by atoms with Crippen LogP contribution in [0.1, 0.15) is 18.1 Å². The van der Waals surface area contributed by atoms with E-state index in [1.54, 1.807) is 24.3 Å². The lowest BCUT2D eigenvalue weighted by atomic mass is 9.90. The van der Waals surface area contributed by atoms with Gasteiger partial charge in [0.1, 0.15) is 0 Å². The van der Waals surface area contributed by atoms with Gasteiger partial charge in [-0.25, -0.2) is 0 Å².